The van der Waals surface area contributed by atoms with Gasteiger partial charge in [0.05, 0.1) is 10.7 Å². The number of aromatic nitrogens is 1. The fourth-order valence-corrected chi connectivity index (χ4v) is 2.90. The monoisotopic (exact) mass is 314 g/mol. The van der Waals surface area contributed by atoms with Crippen molar-refractivity contribution in [3.63, 3.8) is 0 Å². The molecule has 2 rings (SSSR count). The number of alkyl halides is 3. The highest BCUT2D eigenvalue weighted by Gasteiger charge is 2.27. The van der Waals surface area contributed by atoms with Crippen LogP contribution in [0.15, 0.2) is 35.7 Å². The van der Waals surface area contributed by atoms with E-state index in [9.17, 15) is 13.2 Å². The van der Waals surface area contributed by atoms with Gasteiger partial charge in [0.25, 0.3) is 0 Å². The summed E-state index contributed by atoms with van der Waals surface area (Å²) in [4.78, 5) is 4.31. The third-order valence-corrected chi connectivity index (χ3v) is 4.14. The van der Waals surface area contributed by atoms with Crippen LogP contribution in [0.5, 0.6) is 0 Å². The van der Waals surface area contributed by atoms with Crippen molar-refractivity contribution in [2.45, 2.75) is 31.5 Å². The highest BCUT2D eigenvalue weighted by molar-refractivity contribution is 7.09. The molecule has 0 bridgehead atoms. The van der Waals surface area contributed by atoms with E-state index in [1.165, 1.54) is 11.3 Å². The third-order valence-electron chi connectivity index (χ3n) is 3.19. The van der Waals surface area contributed by atoms with Gasteiger partial charge < -0.3 is 5.32 Å². The van der Waals surface area contributed by atoms with E-state index >= 15 is 0 Å². The summed E-state index contributed by atoms with van der Waals surface area (Å²) in [6, 6.07) is 10.1. The first-order chi connectivity index (χ1) is 9.98. The van der Waals surface area contributed by atoms with Gasteiger partial charge in [0, 0.05) is 30.7 Å². The zero-order valence-corrected chi connectivity index (χ0v) is 12.5. The van der Waals surface area contributed by atoms with E-state index in [4.69, 9.17) is 0 Å². The lowest BCUT2D eigenvalue weighted by atomic mass is 10.0. The van der Waals surface area contributed by atoms with Crippen LogP contribution in [0, 0.1) is 0 Å². The number of nitrogens with one attached hydrogen (secondary N) is 1. The van der Waals surface area contributed by atoms with Gasteiger partial charge >= 0.3 is 6.18 Å². The molecule has 2 aromatic rings. The van der Waals surface area contributed by atoms with Gasteiger partial charge in [0.1, 0.15) is 0 Å². The molecule has 0 spiro atoms. The Morgan fingerprint density at radius 1 is 1.24 bits per heavy atom. The van der Waals surface area contributed by atoms with Crippen molar-refractivity contribution in [1.82, 2.24) is 10.3 Å². The van der Waals surface area contributed by atoms with Crippen LogP contribution in [0.3, 0.4) is 0 Å². The largest absolute Gasteiger partial charge is 0.389 e. The number of rotatable bonds is 6. The van der Waals surface area contributed by atoms with Gasteiger partial charge in [-0.2, -0.15) is 13.2 Å². The minimum atomic E-state index is -4.12. The van der Waals surface area contributed by atoms with Crippen LogP contribution in [0.25, 0.3) is 0 Å². The highest BCUT2D eigenvalue weighted by atomic mass is 32.1. The fraction of sp³-hybridized carbons (Fsp3) is 0.400. The summed E-state index contributed by atoms with van der Waals surface area (Å²) in [6.07, 6.45) is -4.30. The molecule has 0 aliphatic carbocycles. The van der Waals surface area contributed by atoms with Crippen molar-refractivity contribution in [3.05, 3.63) is 52.0 Å². The molecule has 0 saturated carbocycles. The molecule has 1 unspecified atom stereocenters. The zero-order chi connectivity index (χ0) is 15.3. The van der Waals surface area contributed by atoms with Gasteiger partial charge in [0.15, 0.2) is 0 Å². The summed E-state index contributed by atoms with van der Waals surface area (Å²) >= 11 is 1.30. The van der Waals surface area contributed by atoms with Gasteiger partial charge in [-0.3, -0.25) is 0 Å². The van der Waals surface area contributed by atoms with Crippen LogP contribution in [0.4, 0.5) is 13.2 Å². The van der Waals surface area contributed by atoms with E-state index in [-0.39, 0.29) is 12.5 Å². The molecule has 0 aliphatic rings. The lowest BCUT2D eigenvalue weighted by Gasteiger charge is -2.15. The molecule has 0 radical (unpaired) electrons. The third kappa shape index (κ3) is 5.13. The van der Waals surface area contributed by atoms with Crippen LogP contribution in [-0.4, -0.2) is 18.2 Å². The second kappa shape index (κ2) is 7.04. The van der Waals surface area contributed by atoms with Gasteiger partial charge in [-0.1, -0.05) is 30.3 Å². The molecule has 1 N–H and O–H groups in total. The van der Waals surface area contributed by atoms with E-state index in [0.717, 1.165) is 11.3 Å². The number of thiazole rings is 1. The summed E-state index contributed by atoms with van der Waals surface area (Å²) in [6.45, 7) is 0. The van der Waals surface area contributed by atoms with Crippen molar-refractivity contribution in [2.75, 3.05) is 7.05 Å². The van der Waals surface area contributed by atoms with Gasteiger partial charge in [-0.05, 0) is 12.6 Å². The maximum absolute atomic E-state index is 12.2. The summed E-state index contributed by atoms with van der Waals surface area (Å²) in [7, 11) is 1.87. The second-order valence-electron chi connectivity index (χ2n) is 4.80. The Kier molecular flexibility index (Phi) is 5.36. The van der Waals surface area contributed by atoms with Crippen LogP contribution in [0.2, 0.25) is 0 Å². The molecule has 0 fully saturated rings. The maximum Gasteiger partial charge on any atom is 0.389 e. The van der Waals surface area contributed by atoms with Gasteiger partial charge in [-0.25, -0.2) is 4.98 Å². The van der Waals surface area contributed by atoms with Crippen molar-refractivity contribution < 1.29 is 13.2 Å². The lowest BCUT2D eigenvalue weighted by Crippen LogP contribution is -2.18. The second-order valence-corrected chi connectivity index (χ2v) is 5.75. The van der Waals surface area contributed by atoms with Crippen molar-refractivity contribution in [2.24, 2.45) is 0 Å². The Labute approximate surface area is 126 Å². The zero-order valence-electron chi connectivity index (χ0n) is 11.7. The minimum Gasteiger partial charge on any atom is -0.313 e. The Balaban J connectivity index is 1.98. The molecule has 2 nitrogen and oxygen atoms in total. The first kappa shape index (κ1) is 16.0. The Bertz CT molecular complexity index is 552. The smallest absolute Gasteiger partial charge is 0.313 e. The predicted octanol–water partition coefficient (Wildman–Crippen LogP) is 4.14. The number of nitrogens with zero attached hydrogens (tertiary/aromatic N) is 1. The standard InChI is InChI=1S/C15H17F3N2S/c1-19-13(11-5-3-2-4-6-11)9-12-10-21-14(20-12)7-8-15(16,17)18/h2-6,10,13,19H,7-9H2,1H3. The van der Waals surface area contributed by atoms with Crippen LogP contribution < -0.4 is 5.32 Å². The van der Waals surface area contributed by atoms with Crippen molar-refractivity contribution in [3.8, 4) is 0 Å². The van der Waals surface area contributed by atoms with E-state index in [0.29, 0.717) is 11.4 Å². The Morgan fingerprint density at radius 3 is 2.57 bits per heavy atom. The normalized spacial score (nSPS) is 13.3. The SMILES string of the molecule is CNC(Cc1csc(CCC(F)(F)F)n1)c1ccccc1. The first-order valence-corrected chi connectivity index (χ1v) is 7.58. The summed E-state index contributed by atoms with van der Waals surface area (Å²) in [5, 5.41) is 5.61. The van der Waals surface area contributed by atoms with Gasteiger partial charge in [0.2, 0.25) is 0 Å². The molecule has 1 aromatic heterocycles. The molecule has 1 atom stereocenters. The van der Waals surface area contributed by atoms with Crippen molar-refractivity contribution in [1.29, 1.82) is 0 Å². The first-order valence-electron chi connectivity index (χ1n) is 6.70. The molecule has 6 heteroatoms. The Morgan fingerprint density at radius 2 is 1.95 bits per heavy atom. The number of likely N-dealkylation sites (N-methyl/N-ethyl adjacent to an activating group) is 1. The summed E-state index contributed by atoms with van der Waals surface area (Å²) in [5.74, 6) is 0. The number of aryl methyl sites for hydroxylation is 1. The Hall–Kier alpha value is -1.40. The quantitative estimate of drug-likeness (QED) is 0.867. The molecule has 114 valence electrons. The van der Waals surface area contributed by atoms with E-state index in [1.54, 1.807) is 0 Å². The summed E-state index contributed by atoms with van der Waals surface area (Å²) in [5.41, 5.74) is 1.98. The number of hydrogen-bond acceptors (Lipinski definition) is 3. The lowest BCUT2D eigenvalue weighted by molar-refractivity contribution is -0.134. The molecule has 0 amide bonds. The van der Waals surface area contributed by atoms with Crippen LogP contribution in [0.1, 0.15) is 28.7 Å². The minimum absolute atomic E-state index is 0.0380. The number of hydrogen-bond donors (Lipinski definition) is 1. The number of halogens is 3. The predicted molar refractivity (Wildman–Crippen MR) is 78.4 cm³/mol. The van der Waals surface area contributed by atoms with E-state index < -0.39 is 12.6 Å². The molecule has 1 aromatic carbocycles. The fourth-order valence-electron chi connectivity index (χ4n) is 2.09. The van der Waals surface area contributed by atoms with Gasteiger partial charge in [-0.15, -0.1) is 11.3 Å². The molecule has 0 aliphatic heterocycles. The van der Waals surface area contributed by atoms with E-state index in [2.05, 4.69) is 10.3 Å². The maximum atomic E-state index is 12.2. The highest BCUT2D eigenvalue weighted by Crippen LogP contribution is 2.24. The van der Waals surface area contributed by atoms with Crippen LogP contribution in [-0.2, 0) is 12.8 Å². The molecular formula is C15H17F3N2S. The number of benzene rings is 1. The average molecular weight is 314 g/mol. The topological polar surface area (TPSA) is 24.9 Å². The molecule has 21 heavy (non-hydrogen) atoms. The summed E-state index contributed by atoms with van der Waals surface area (Å²) < 4.78 is 36.6. The molecule has 0 saturated heterocycles. The van der Waals surface area contributed by atoms with Crippen LogP contribution >= 0.6 is 11.3 Å². The van der Waals surface area contributed by atoms with Crippen molar-refractivity contribution >= 4 is 11.3 Å². The van der Waals surface area contributed by atoms with E-state index in [1.807, 2.05) is 42.8 Å². The molecular weight excluding hydrogens is 297 g/mol. The molecule has 1 heterocycles. The average Bonchev–Trinajstić information content (AvgIpc) is 2.90.